The van der Waals surface area contributed by atoms with Gasteiger partial charge in [0.1, 0.15) is 6.61 Å². The maximum Gasteiger partial charge on any atom is 0.472 e. The SMILES string of the molecule is CC/C=C\C/C=C\C/C=C\C/C=C\CCCCCCCCCCCCCCCCCCCCC(=O)OC(COC(=O)CCCCCCCCCCCCCCC/C=C\CCCCCCCCCC)COP(=O)(O)OCCN. The molecule has 0 saturated carbocycles. The Hall–Kier alpha value is -2.29. The van der Waals surface area contributed by atoms with Crippen molar-refractivity contribution >= 4 is 19.8 Å². The van der Waals surface area contributed by atoms with E-state index in [0.29, 0.717) is 6.42 Å². The van der Waals surface area contributed by atoms with E-state index in [-0.39, 0.29) is 38.6 Å². The van der Waals surface area contributed by atoms with Crippen LogP contribution in [-0.2, 0) is 32.7 Å². The first kappa shape index (κ1) is 74.7. The lowest BCUT2D eigenvalue weighted by molar-refractivity contribution is -0.161. The Morgan fingerprint density at radius 1 is 0.403 bits per heavy atom. The maximum atomic E-state index is 12.7. The molecule has 0 aliphatic heterocycles. The summed E-state index contributed by atoms with van der Waals surface area (Å²) >= 11 is 0. The van der Waals surface area contributed by atoms with Gasteiger partial charge in [-0.15, -0.1) is 0 Å². The van der Waals surface area contributed by atoms with Crippen LogP contribution in [0.15, 0.2) is 60.8 Å². The molecule has 0 spiro atoms. The minimum atomic E-state index is -4.39. The fourth-order valence-electron chi connectivity index (χ4n) is 9.57. The number of nitrogens with two attached hydrogens (primary N) is 1. The summed E-state index contributed by atoms with van der Waals surface area (Å²) in [4.78, 5) is 35.3. The first-order valence-corrected chi connectivity index (χ1v) is 34.3. The molecular formula is C67H124NO8P. The molecule has 3 N–H and O–H groups in total. The van der Waals surface area contributed by atoms with Gasteiger partial charge in [0, 0.05) is 19.4 Å². The van der Waals surface area contributed by atoms with Crippen LogP contribution in [0.25, 0.3) is 0 Å². The Morgan fingerprint density at radius 2 is 0.714 bits per heavy atom. The molecule has 0 aromatic carbocycles. The number of carbonyl (C=O) groups excluding carboxylic acids is 2. The van der Waals surface area contributed by atoms with E-state index in [9.17, 15) is 19.0 Å². The minimum Gasteiger partial charge on any atom is -0.462 e. The average molecular weight is 1100 g/mol. The number of hydrogen-bond acceptors (Lipinski definition) is 8. The summed E-state index contributed by atoms with van der Waals surface area (Å²) in [6, 6.07) is 0. The zero-order valence-electron chi connectivity index (χ0n) is 50.4. The van der Waals surface area contributed by atoms with Gasteiger partial charge in [0.25, 0.3) is 0 Å². The number of hydrogen-bond donors (Lipinski definition) is 2. The molecule has 0 bridgehead atoms. The van der Waals surface area contributed by atoms with Crippen LogP contribution >= 0.6 is 7.82 Å². The van der Waals surface area contributed by atoms with Gasteiger partial charge in [-0.25, -0.2) is 4.57 Å². The molecule has 0 radical (unpaired) electrons. The van der Waals surface area contributed by atoms with E-state index in [0.717, 1.165) is 57.8 Å². The molecule has 0 aliphatic carbocycles. The molecule has 0 aromatic heterocycles. The molecule has 0 aliphatic rings. The van der Waals surface area contributed by atoms with E-state index in [2.05, 4.69) is 74.6 Å². The number of unbranched alkanes of at least 4 members (excludes halogenated alkanes) is 39. The van der Waals surface area contributed by atoms with E-state index in [1.165, 1.54) is 231 Å². The number of esters is 2. The van der Waals surface area contributed by atoms with Gasteiger partial charge in [0.2, 0.25) is 0 Å². The fraction of sp³-hybridized carbons (Fsp3) is 0.821. The molecule has 0 amide bonds. The van der Waals surface area contributed by atoms with Gasteiger partial charge >= 0.3 is 19.8 Å². The van der Waals surface area contributed by atoms with Gasteiger partial charge in [0.05, 0.1) is 13.2 Å². The van der Waals surface area contributed by atoms with Crippen molar-refractivity contribution in [3.63, 3.8) is 0 Å². The average Bonchev–Trinajstić information content (AvgIpc) is 3.42. The molecule has 450 valence electrons. The second-order valence-corrected chi connectivity index (χ2v) is 23.4. The van der Waals surface area contributed by atoms with Crippen LogP contribution in [0.4, 0.5) is 0 Å². The normalized spacial score (nSPS) is 13.4. The van der Waals surface area contributed by atoms with Crippen molar-refractivity contribution < 1.29 is 37.6 Å². The molecular weight excluding hydrogens is 978 g/mol. The Bertz CT molecular complexity index is 1440. The summed E-state index contributed by atoms with van der Waals surface area (Å²) in [5.74, 6) is -0.812. The number of ether oxygens (including phenoxy) is 2. The predicted molar refractivity (Wildman–Crippen MR) is 330 cm³/mol. The molecule has 77 heavy (non-hydrogen) atoms. The first-order valence-electron chi connectivity index (χ1n) is 32.8. The monoisotopic (exact) mass is 1100 g/mol. The topological polar surface area (TPSA) is 134 Å². The smallest absolute Gasteiger partial charge is 0.462 e. The van der Waals surface area contributed by atoms with Gasteiger partial charge < -0.3 is 20.1 Å². The summed E-state index contributed by atoms with van der Waals surface area (Å²) in [6.45, 7) is 3.68. The molecule has 0 rings (SSSR count). The quantitative estimate of drug-likeness (QED) is 0.0264. The highest BCUT2D eigenvalue weighted by Gasteiger charge is 2.26. The van der Waals surface area contributed by atoms with Crippen molar-refractivity contribution in [2.45, 2.75) is 328 Å². The number of phosphoric acid groups is 1. The highest BCUT2D eigenvalue weighted by atomic mass is 31.2. The second-order valence-electron chi connectivity index (χ2n) is 22.0. The van der Waals surface area contributed by atoms with Crippen molar-refractivity contribution in [3.05, 3.63) is 60.8 Å². The first-order chi connectivity index (χ1) is 37.8. The zero-order valence-corrected chi connectivity index (χ0v) is 51.3. The largest absolute Gasteiger partial charge is 0.472 e. The van der Waals surface area contributed by atoms with Crippen LogP contribution in [0, 0.1) is 0 Å². The standard InChI is InChI=1S/C67H124NO8P/c1-3-5-7-9-11-13-15-17-19-21-23-25-27-29-30-31-32-33-34-36-38-40-42-44-46-48-50-52-54-56-58-60-67(70)76-65(64-75-77(71,72)74-62-61-68)63-73-66(69)59-57-55-53-51-49-47-45-43-41-39-37-35-28-26-24-22-20-18-16-14-12-10-8-6-4-2/h5,7,11,13,17,19,22-25,65H,3-4,6,8-10,12,14-16,18,20-21,26-64,68H2,1-2H3,(H,71,72)/b7-5-,13-11-,19-17-,24-22-,25-23-. The molecule has 10 heteroatoms. The summed E-state index contributed by atoms with van der Waals surface area (Å²) in [7, 11) is -4.39. The highest BCUT2D eigenvalue weighted by Crippen LogP contribution is 2.43. The van der Waals surface area contributed by atoms with Crippen molar-refractivity contribution in [2.75, 3.05) is 26.4 Å². The fourth-order valence-corrected chi connectivity index (χ4v) is 10.3. The van der Waals surface area contributed by atoms with Crippen LogP contribution in [0.3, 0.4) is 0 Å². The molecule has 2 unspecified atom stereocenters. The number of phosphoric ester groups is 1. The number of allylic oxidation sites excluding steroid dienone is 10. The van der Waals surface area contributed by atoms with Crippen LogP contribution in [0.5, 0.6) is 0 Å². The lowest BCUT2D eigenvalue weighted by atomic mass is 10.0. The zero-order chi connectivity index (χ0) is 55.9. The van der Waals surface area contributed by atoms with E-state index >= 15 is 0 Å². The third-order valence-corrected chi connectivity index (χ3v) is 15.4. The molecule has 2 atom stereocenters. The lowest BCUT2D eigenvalue weighted by Gasteiger charge is -2.19. The Morgan fingerprint density at radius 3 is 1.08 bits per heavy atom. The molecule has 9 nitrogen and oxygen atoms in total. The van der Waals surface area contributed by atoms with Gasteiger partial charge in [-0.1, -0.05) is 293 Å². The Balaban J connectivity index is 3.87. The van der Waals surface area contributed by atoms with Crippen LogP contribution in [0.1, 0.15) is 322 Å². The number of rotatable bonds is 62. The Kier molecular flexibility index (Phi) is 61.0. The van der Waals surface area contributed by atoms with E-state index in [1.54, 1.807) is 0 Å². The summed E-state index contributed by atoms with van der Waals surface area (Å²) in [5, 5.41) is 0. The highest BCUT2D eigenvalue weighted by molar-refractivity contribution is 7.47. The Labute approximate surface area is 476 Å². The van der Waals surface area contributed by atoms with Crippen LogP contribution < -0.4 is 5.73 Å². The van der Waals surface area contributed by atoms with Crippen LogP contribution in [-0.4, -0.2) is 49.3 Å². The lowest BCUT2D eigenvalue weighted by Crippen LogP contribution is -2.29. The maximum absolute atomic E-state index is 12.7. The van der Waals surface area contributed by atoms with E-state index in [4.69, 9.17) is 24.3 Å². The van der Waals surface area contributed by atoms with Gasteiger partial charge in [0.15, 0.2) is 6.10 Å². The summed E-state index contributed by atoms with van der Waals surface area (Å²) < 4.78 is 33.1. The molecule has 0 fully saturated rings. The van der Waals surface area contributed by atoms with Crippen LogP contribution in [0.2, 0.25) is 0 Å². The summed E-state index contributed by atoms with van der Waals surface area (Å²) in [6.07, 6.45) is 80.1. The molecule has 0 aromatic rings. The molecule has 0 saturated heterocycles. The van der Waals surface area contributed by atoms with E-state index in [1.807, 2.05) is 0 Å². The van der Waals surface area contributed by atoms with Gasteiger partial charge in [-0.3, -0.25) is 18.6 Å². The van der Waals surface area contributed by atoms with Crippen molar-refractivity contribution in [1.82, 2.24) is 0 Å². The second kappa shape index (κ2) is 62.9. The number of carbonyl (C=O) groups is 2. The van der Waals surface area contributed by atoms with Crippen molar-refractivity contribution in [3.8, 4) is 0 Å². The predicted octanol–water partition coefficient (Wildman–Crippen LogP) is 21.1. The molecule has 0 heterocycles. The van der Waals surface area contributed by atoms with Gasteiger partial charge in [-0.2, -0.15) is 0 Å². The third-order valence-electron chi connectivity index (χ3n) is 14.4. The van der Waals surface area contributed by atoms with Crippen molar-refractivity contribution in [2.24, 2.45) is 5.73 Å². The minimum absolute atomic E-state index is 0.0540. The van der Waals surface area contributed by atoms with E-state index < -0.39 is 26.5 Å². The van der Waals surface area contributed by atoms with Crippen molar-refractivity contribution in [1.29, 1.82) is 0 Å². The van der Waals surface area contributed by atoms with Gasteiger partial charge in [-0.05, 0) is 77.0 Å². The third kappa shape index (κ3) is 62.8. The summed E-state index contributed by atoms with van der Waals surface area (Å²) in [5.41, 5.74) is 5.40.